The summed E-state index contributed by atoms with van der Waals surface area (Å²) in [6.07, 6.45) is 0.162. The number of likely N-dealkylation sites (N-methyl/N-ethyl adjacent to an activating group) is 1. The second kappa shape index (κ2) is 14.7. The predicted molar refractivity (Wildman–Crippen MR) is 176 cm³/mol. The number of ketones is 1. The van der Waals surface area contributed by atoms with Crippen LogP contribution in [0.5, 0.6) is 0 Å². The van der Waals surface area contributed by atoms with Crippen LogP contribution in [0.25, 0.3) is 0 Å². The summed E-state index contributed by atoms with van der Waals surface area (Å²) in [5.74, 6) is -2.58. The Balaban J connectivity index is 1.22. The summed E-state index contributed by atoms with van der Waals surface area (Å²) in [4.78, 5) is 56.8. The first-order valence-electron chi connectivity index (χ1n) is 15.5. The number of nitrogens with one attached hydrogen (secondary N) is 2. The molecule has 2 heterocycles. The number of aryl methyl sites for hydroxylation is 1. The number of morpholine rings is 1. The van der Waals surface area contributed by atoms with E-state index in [1.54, 1.807) is 36.0 Å². The molecule has 46 heavy (non-hydrogen) atoms. The van der Waals surface area contributed by atoms with Crippen molar-refractivity contribution >= 4 is 40.8 Å². The van der Waals surface area contributed by atoms with Gasteiger partial charge in [0.15, 0.2) is 5.78 Å². The maximum absolute atomic E-state index is 13.8. The number of para-hydroxylation sites is 1. The van der Waals surface area contributed by atoms with Crippen molar-refractivity contribution in [1.82, 2.24) is 10.2 Å². The zero-order valence-corrected chi connectivity index (χ0v) is 26.4. The maximum Gasteiger partial charge on any atom is 0.326 e. The molecular weight excluding hydrogens is 586 g/mol. The molecule has 0 radical (unpaired) electrons. The predicted octanol–water partition coefficient (Wildman–Crippen LogP) is 3.73. The largest absolute Gasteiger partial charge is 0.481 e. The van der Waals surface area contributed by atoms with Crippen LogP contribution >= 0.6 is 0 Å². The van der Waals surface area contributed by atoms with Gasteiger partial charge in [0.05, 0.1) is 31.6 Å². The third kappa shape index (κ3) is 7.44. The van der Waals surface area contributed by atoms with Crippen molar-refractivity contribution in [1.29, 1.82) is 0 Å². The standard InChI is InChI=1S/C35H41N5O6/c1-23-6-4-5-7-30(23)39(3)35(45)37-26-12-8-24(9-13-26)20-31(41)38(2)27-14-10-25(11-15-27)32(40-16-18-46-19-17-40)33(42)28-21-36-22-29(28)34(43)44/h4-15,28-29,32,36H,16-22H2,1-3H3,(H,37,45)(H,43,44). The first-order chi connectivity index (χ1) is 22.1. The van der Waals surface area contributed by atoms with Crippen molar-refractivity contribution in [2.24, 2.45) is 11.8 Å². The Hall–Kier alpha value is -4.58. The number of carboxylic acids is 1. The van der Waals surface area contributed by atoms with Gasteiger partial charge < -0.3 is 25.4 Å². The van der Waals surface area contributed by atoms with E-state index >= 15 is 0 Å². The van der Waals surface area contributed by atoms with E-state index in [0.29, 0.717) is 44.2 Å². The van der Waals surface area contributed by atoms with Crippen LogP contribution in [0, 0.1) is 18.8 Å². The Labute approximate surface area is 269 Å². The Morgan fingerprint density at radius 1 is 0.913 bits per heavy atom. The fraction of sp³-hybridized carbons (Fsp3) is 0.371. The molecule has 3 aromatic rings. The molecule has 3 aromatic carbocycles. The smallest absolute Gasteiger partial charge is 0.326 e. The molecule has 11 heteroatoms. The van der Waals surface area contributed by atoms with Crippen molar-refractivity contribution in [3.05, 3.63) is 89.5 Å². The highest BCUT2D eigenvalue weighted by Gasteiger charge is 2.42. The zero-order valence-electron chi connectivity index (χ0n) is 26.4. The first-order valence-corrected chi connectivity index (χ1v) is 15.5. The van der Waals surface area contributed by atoms with Crippen molar-refractivity contribution in [3.8, 4) is 0 Å². The molecule has 3 N–H and O–H groups in total. The first kappa shape index (κ1) is 32.8. The van der Waals surface area contributed by atoms with Crippen molar-refractivity contribution < 1.29 is 29.0 Å². The lowest BCUT2D eigenvalue weighted by molar-refractivity contribution is -0.146. The van der Waals surface area contributed by atoms with Crippen LogP contribution in [-0.4, -0.2) is 87.2 Å². The molecule has 2 fully saturated rings. The number of carboxylic acid groups (broad SMARTS) is 1. The van der Waals surface area contributed by atoms with E-state index in [-0.39, 0.29) is 30.7 Å². The molecule has 3 unspecified atom stereocenters. The van der Waals surface area contributed by atoms with Gasteiger partial charge in [-0.15, -0.1) is 0 Å². The van der Waals surface area contributed by atoms with E-state index in [9.17, 15) is 24.3 Å². The van der Waals surface area contributed by atoms with E-state index in [2.05, 4.69) is 15.5 Å². The quantitative estimate of drug-likeness (QED) is 0.310. The van der Waals surface area contributed by atoms with Crippen molar-refractivity contribution in [2.45, 2.75) is 19.4 Å². The zero-order chi connectivity index (χ0) is 32.8. The highest BCUT2D eigenvalue weighted by atomic mass is 16.5. The molecule has 0 saturated carbocycles. The summed E-state index contributed by atoms with van der Waals surface area (Å²) in [5.41, 5.74) is 4.68. The van der Waals surface area contributed by atoms with Crippen molar-refractivity contribution in [2.75, 3.05) is 68.6 Å². The number of urea groups is 1. The fourth-order valence-corrected chi connectivity index (χ4v) is 6.11. The minimum atomic E-state index is -0.968. The van der Waals surface area contributed by atoms with Crippen LogP contribution < -0.4 is 20.4 Å². The highest BCUT2D eigenvalue weighted by molar-refractivity contribution is 6.02. The lowest BCUT2D eigenvalue weighted by Crippen LogP contribution is -2.45. The molecule has 3 atom stereocenters. The second-order valence-corrected chi connectivity index (χ2v) is 11.9. The number of hydrogen-bond donors (Lipinski definition) is 3. The van der Waals surface area contributed by atoms with Gasteiger partial charge in [-0.1, -0.05) is 42.5 Å². The molecule has 3 amide bonds. The number of rotatable bonds is 10. The number of aliphatic carboxylic acids is 1. The Kier molecular flexibility index (Phi) is 10.5. The van der Waals surface area contributed by atoms with Crippen LogP contribution in [0.1, 0.15) is 22.7 Å². The van der Waals surface area contributed by atoms with E-state index in [4.69, 9.17) is 4.74 Å². The number of Topliss-reactive ketones (excluding diaryl/α,β-unsaturated/α-hetero) is 1. The number of carbonyl (C=O) groups is 4. The number of nitrogens with zero attached hydrogens (tertiary/aromatic N) is 3. The Bertz CT molecular complexity index is 1550. The van der Waals surface area contributed by atoms with Gasteiger partial charge in [-0.2, -0.15) is 0 Å². The molecule has 2 aliphatic heterocycles. The molecule has 11 nitrogen and oxygen atoms in total. The van der Waals surface area contributed by atoms with Crippen LogP contribution in [-0.2, 0) is 25.5 Å². The summed E-state index contributed by atoms with van der Waals surface area (Å²) in [6.45, 7) is 4.71. The average Bonchev–Trinajstić information content (AvgIpc) is 3.57. The molecular formula is C35H41N5O6. The van der Waals surface area contributed by atoms with Gasteiger partial charge in [-0.25, -0.2) is 4.79 Å². The van der Waals surface area contributed by atoms with E-state index in [0.717, 1.165) is 22.4 Å². The molecule has 2 aliphatic rings. The molecule has 0 aromatic heterocycles. The Morgan fingerprint density at radius 3 is 2.22 bits per heavy atom. The van der Waals surface area contributed by atoms with Gasteiger partial charge in [0.2, 0.25) is 5.91 Å². The van der Waals surface area contributed by atoms with Crippen LogP contribution in [0.15, 0.2) is 72.8 Å². The van der Waals surface area contributed by atoms with Crippen LogP contribution in [0.4, 0.5) is 21.9 Å². The number of hydrogen-bond acceptors (Lipinski definition) is 7. The fourth-order valence-electron chi connectivity index (χ4n) is 6.11. The van der Waals surface area contributed by atoms with Gasteiger partial charge in [-0.3, -0.25) is 24.2 Å². The van der Waals surface area contributed by atoms with Gasteiger partial charge in [0.1, 0.15) is 0 Å². The molecule has 0 spiro atoms. The van der Waals surface area contributed by atoms with Crippen molar-refractivity contribution in [3.63, 3.8) is 0 Å². The normalized spacial score (nSPS) is 18.8. The third-order valence-corrected chi connectivity index (χ3v) is 8.89. The van der Waals surface area contributed by atoms with E-state index < -0.39 is 23.8 Å². The maximum atomic E-state index is 13.8. The Morgan fingerprint density at radius 2 is 1.57 bits per heavy atom. The summed E-state index contributed by atoms with van der Waals surface area (Å²) >= 11 is 0. The number of amides is 3. The van der Waals surface area contributed by atoms with Gasteiger partial charge in [0, 0.05) is 63.3 Å². The summed E-state index contributed by atoms with van der Waals surface area (Å²) in [6, 6.07) is 21.3. The van der Waals surface area contributed by atoms with Gasteiger partial charge in [0.25, 0.3) is 0 Å². The summed E-state index contributed by atoms with van der Waals surface area (Å²) < 4.78 is 5.51. The molecule has 0 aliphatic carbocycles. The van der Waals surface area contributed by atoms with Crippen LogP contribution in [0.2, 0.25) is 0 Å². The molecule has 5 rings (SSSR count). The molecule has 242 valence electrons. The topological polar surface area (TPSA) is 132 Å². The summed E-state index contributed by atoms with van der Waals surface area (Å²) in [5, 5.41) is 15.6. The lowest BCUT2D eigenvalue weighted by atomic mass is 9.85. The van der Waals surface area contributed by atoms with Gasteiger partial charge >= 0.3 is 12.0 Å². The number of ether oxygens (including phenoxy) is 1. The highest BCUT2D eigenvalue weighted by Crippen LogP contribution is 2.32. The minimum absolute atomic E-state index is 0.113. The lowest BCUT2D eigenvalue weighted by Gasteiger charge is -2.35. The SMILES string of the molecule is Cc1ccccc1N(C)C(=O)Nc1ccc(CC(=O)N(C)c2ccc(C(C(=O)C3CNCC3C(=O)O)N3CCOCC3)cc2)cc1. The summed E-state index contributed by atoms with van der Waals surface area (Å²) in [7, 11) is 3.43. The number of benzene rings is 3. The average molecular weight is 628 g/mol. The van der Waals surface area contributed by atoms with Gasteiger partial charge in [-0.05, 0) is 53.9 Å². The monoisotopic (exact) mass is 627 g/mol. The number of carbonyl (C=O) groups excluding carboxylic acids is 3. The van der Waals surface area contributed by atoms with E-state index in [1.807, 2.05) is 67.6 Å². The molecule has 0 bridgehead atoms. The third-order valence-electron chi connectivity index (χ3n) is 8.89. The minimum Gasteiger partial charge on any atom is -0.481 e. The van der Waals surface area contributed by atoms with Crippen LogP contribution in [0.3, 0.4) is 0 Å². The van der Waals surface area contributed by atoms with E-state index in [1.165, 1.54) is 0 Å². The second-order valence-electron chi connectivity index (χ2n) is 11.9. The molecule has 2 saturated heterocycles. The number of anilines is 3.